The van der Waals surface area contributed by atoms with Gasteiger partial charge in [-0.05, 0) is 24.7 Å². The molecule has 3 N–H and O–H groups in total. The largest absolute Gasteiger partial charge is 0.392 e. The molecule has 0 aromatic heterocycles. The Labute approximate surface area is 97.0 Å². The van der Waals surface area contributed by atoms with Gasteiger partial charge in [0.1, 0.15) is 0 Å². The van der Waals surface area contributed by atoms with Gasteiger partial charge < -0.3 is 15.5 Å². The van der Waals surface area contributed by atoms with Crippen molar-refractivity contribution in [3.63, 3.8) is 0 Å². The van der Waals surface area contributed by atoms with Crippen LogP contribution in [0.3, 0.4) is 0 Å². The lowest BCUT2D eigenvalue weighted by Crippen LogP contribution is -2.42. The van der Waals surface area contributed by atoms with E-state index in [1.54, 1.807) is 0 Å². The molecule has 1 fully saturated rings. The number of aliphatic hydroxyl groups is 2. The van der Waals surface area contributed by atoms with E-state index >= 15 is 0 Å². The molecule has 3 unspecified atom stereocenters. The molecule has 1 amide bonds. The molecule has 1 saturated carbocycles. The quantitative estimate of drug-likeness (QED) is 0.666. The molecule has 0 radical (unpaired) electrons. The second-order valence-electron chi connectivity index (χ2n) is 5.73. The first-order valence-electron chi connectivity index (χ1n) is 5.96. The molecular formula is C12H23NO3. The number of amides is 1. The molecule has 1 rings (SSSR count). The predicted molar refractivity (Wildman–Crippen MR) is 61.8 cm³/mol. The summed E-state index contributed by atoms with van der Waals surface area (Å²) in [6.45, 7) is 6.03. The summed E-state index contributed by atoms with van der Waals surface area (Å²) < 4.78 is 0. The van der Waals surface area contributed by atoms with Gasteiger partial charge in [0.2, 0.25) is 5.91 Å². The Morgan fingerprint density at radius 2 is 2.06 bits per heavy atom. The number of carbonyl (C=O) groups is 1. The molecular weight excluding hydrogens is 206 g/mol. The van der Waals surface area contributed by atoms with Crippen LogP contribution in [-0.4, -0.2) is 34.9 Å². The second-order valence-corrected chi connectivity index (χ2v) is 5.73. The van der Waals surface area contributed by atoms with E-state index < -0.39 is 12.2 Å². The minimum Gasteiger partial charge on any atom is -0.392 e. The first-order valence-corrected chi connectivity index (χ1v) is 5.96. The zero-order valence-corrected chi connectivity index (χ0v) is 10.4. The van der Waals surface area contributed by atoms with E-state index in [-0.39, 0.29) is 23.8 Å². The lowest BCUT2D eigenvalue weighted by Gasteiger charge is -2.26. The Morgan fingerprint density at radius 1 is 1.44 bits per heavy atom. The van der Waals surface area contributed by atoms with Crippen molar-refractivity contribution in [2.45, 2.75) is 52.2 Å². The molecule has 0 aromatic carbocycles. The third-order valence-corrected chi connectivity index (χ3v) is 3.29. The highest BCUT2D eigenvalue weighted by Crippen LogP contribution is 2.25. The van der Waals surface area contributed by atoms with Crippen molar-refractivity contribution in [1.29, 1.82) is 0 Å². The Hall–Kier alpha value is -0.610. The van der Waals surface area contributed by atoms with Crippen molar-refractivity contribution in [1.82, 2.24) is 5.32 Å². The van der Waals surface area contributed by atoms with Crippen LogP contribution in [0.15, 0.2) is 0 Å². The average Bonchev–Trinajstić information content (AvgIpc) is 2.58. The molecule has 0 spiro atoms. The molecule has 4 heteroatoms. The second kappa shape index (κ2) is 5.15. The number of nitrogens with one attached hydrogen (secondary N) is 1. The highest BCUT2D eigenvalue weighted by Gasteiger charge is 2.32. The van der Waals surface area contributed by atoms with Crippen molar-refractivity contribution in [2.75, 3.05) is 6.54 Å². The van der Waals surface area contributed by atoms with Crippen molar-refractivity contribution in [2.24, 2.45) is 11.3 Å². The normalized spacial score (nSPS) is 27.8. The smallest absolute Gasteiger partial charge is 0.225 e. The van der Waals surface area contributed by atoms with E-state index in [1.807, 2.05) is 20.8 Å². The molecule has 0 bridgehead atoms. The SMILES string of the molecule is CC(C)(C)C(O)CNC(=O)C1CCCC1O. The van der Waals surface area contributed by atoms with Crippen molar-refractivity contribution >= 4 is 5.91 Å². The van der Waals surface area contributed by atoms with Crippen LogP contribution in [0.1, 0.15) is 40.0 Å². The third kappa shape index (κ3) is 3.46. The summed E-state index contributed by atoms with van der Waals surface area (Å²) in [4.78, 5) is 11.7. The number of hydrogen-bond acceptors (Lipinski definition) is 3. The monoisotopic (exact) mass is 229 g/mol. The summed E-state index contributed by atoms with van der Waals surface area (Å²) in [5, 5.41) is 22.0. The van der Waals surface area contributed by atoms with Gasteiger partial charge in [0.05, 0.1) is 18.1 Å². The van der Waals surface area contributed by atoms with Crippen LogP contribution in [0, 0.1) is 11.3 Å². The van der Waals surface area contributed by atoms with Crippen LogP contribution in [-0.2, 0) is 4.79 Å². The minimum absolute atomic E-state index is 0.131. The number of aliphatic hydroxyl groups excluding tert-OH is 2. The van der Waals surface area contributed by atoms with E-state index in [0.717, 1.165) is 12.8 Å². The van der Waals surface area contributed by atoms with Gasteiger partial charge in [0.25, 0.3) is 0 Å². The fourth-order valence-corrected chi connectivity index (χ4v) is 1.88. The molecule has 0 heterocycles. The van der Waals surface area contributed by atoms with Gasteiger partial charge in [-0.3, -0.25) is 4.79 Å². The molecule has 16 heavy (non-hydrogen) atoms. The van der Waals surface area contributed by atoms with Crippen LogP contribution in [0.2, 0.25) is 0 Å². The summed E-state index contributed by atoms with van der Waals surface area (Å²) in [6, 6.07) is 0. The molecule has 1 aliphatic rings. The van der Waals surface area contributed by atoms with Crippen LogP contribution < -0.4 is 5.32 Å². The number of carbonyl (C=O) groups excluding carboxylic acids is 1. The van der Waals surface area contributed by atoms with Crippen LogP contribution in [0.5, 0.6) is 0 Å². The summed E-state index contributed by atoms with van der Waals surface area (Å²) in [6.07, 6.45) is 1.29. The fourth-order valence-electron chi connectivity index (χ4n) is 1.88. The lowest BCUT2D eigenvalue weighted by atomic mass is 9.89. The molecule has 1 aliphatic carbocycles. The van der Waals surface area contributed by atoms with Crippen molar-refractivity contribution in [3.05, 3.63) is 0 Å². The predicted octanol–water partition coefficient (Wildman–Crippen LogP) is 0.671. The average molecular weight is 229 g/mol. The van der Waals surface area contributed by atoms with E-state index in [9.17, 15) is 15.0 Å². The highest BCUT2D eigenvalue weighted by atomic mass is 16.3. The zero-order valence-electron chi connectivity index (χ0n) is 10.4. The molecule has 0 aliphatic heterocycles. The Balaban J connectivity index is 2.35. The Kier molecular flexibility index (Phi) is 4.33. The molecule has 0 aromatic rings. The van der Waals surface area contributed by atoms with Crippen molar-refractivity contribution in [3.8, 4) is 0 Å². The minimum atomic E-state index is -0.560. The van der Waals surface area contributed by atoms with Gasteiger partial charge in [0.15, 0.2) is 0 Å². The highest BCUT2D eigenvalue weighted by molar-refractivity contribution is 5.79. The molecule has 4 nitrogen and oxygen atoms in total. The zero-order chi connectivity index (χ0) is 12.3. The van der Waals surface area contributed by atoms with Gasteiger partial charge in [-0.25, -0.2) is 0 Å². The molecule has 94 valence electrons. The lowest BCUT2D eigenvalue weighted by molar-refractivity contribution is -0.128. The number of hydrogen-bond donors (Lipinski definition) is 3. The summed E-state index contributed by atoms with van der Waals surface area (Å²) >= 11 is 0. The maximum atomic E-state index is 11.7. The van der Waals surface area contributed by atoms with Crippen LogP contribution >= 0.6 is 0 Å². The van der Waals surface area contributed by atoms with E-state index in [1.165, 1.54) is 0 Å². The van der Waals surface area contributed by atoms with Crippen LogP contribution in [0.4, 0.5) is 0 Å². The van der Waals surface area contributed by atoms with Crippen molar-refractivity contribution < 1.29 is 15.0 Å². The first kappa shape index (κ1) is 13.5. The molecule has 3 atom stereocenters. The van der Waals surface area contributed by atoms with Gasteiger partial charge >= 0.3 is 0 Å². The van der Waals surface area contributed by atoms with E-state index in [4.69, 9.17) is 0 Å². The summed E-state index contributed by atoms with van der Waals surface area (Å²) in [7, 11) is 0. The van der Waals surface area contributed by atoms with Gasteiger partial charge in [0, 0.05) is 6.54 Å². The summed E-state index contributed by atoms with van der Waals surface area (Å²) in [5.74, 6) is -0.416. The molecule has 0 saturated heterocycles. The third-order valence-electron chi connectivity index (χ3n) is 3.29. The van der Waals surface area contributed by atoms with Crippen LogP contribution in [0.25, 0.3) is 0 Å². The van der Waals surface area contributed by atoms with Gasteiger partial charge in [-0.1, -0.05) is 20.8 Å². The summed E-state index contributed by atoms with van der Waals surface area (Å²) in [5.41, 5.74) is -0.235. The standard InChI is InChI=1S/C12H23NO3/c1-12(2,3)10(15)7-13-11(16)8-5-4-6-9(8)14/h8-10,14-15H,4-7H2,1-3H3,(H,13,16). The maximum Gasteiger partial charge on any atom is 0.225 e. The number of rotatable bonds is 3. The van der Waals surface area contributed by atoms with Gasteiger partial charge in [-0.2, -0.15) is 0 Å². The van der Waals surface area contributed by atoms with E-state index in [0.29, 0.717) is 6.42 Å². The topological polar surface area (TPSA) is 69.6 Å². The first-order chi connectivity index (χ1) is 7.32. The van der Waals surface area contributed by atoms with Gasteiger partial charge in [-0.15, -0.1) is 0 Å². The van der Waals surface area contributed by atoms with E-state index in [2.05, 4.69) is 5.32 Å². The maximum absolute atomic E-state index is 11.7. The Morgan fingerprint density at radius 3 is 2.50 bits per heavy atom. The Bertz CT molecular complexity index is 247. The fraction of sp³-hybridized carbons (Fsp3) is 0.917.